The van der Waals surface area contributed by atoms with Gasteiger partial charge >= 0.3 is 0 Å². The van der Waals surface area contributed by atoms with Crippen LogP contribution in [0.25, 0.3) is 16.9 Å². The maximum absolute atomic E-state index is 14.3. The Labute approximate surface area is 224 Å². The summed E-state index contributed by atoms with van der Waals surface area (Å²) < 4.78 is 30.2. The zero-order valence-electron chi connectivity index (χ0n) is 21.7. The number of carbonyl (C=O) groups is 1. The number of halogens is 2. The summed E-state index contributed by atoms with van der Waals surface area (Å²) in [6.45, 7) is 4.59. The fraction of sp³-hybridized carbons (Fsp3) is 0.167. The average molecular weight is 525 g/mol. The van der Waals surface area contributed by atoms with Crippen molar-refractivity contribution in [1.29, 1.82) is 0 Å². The summed E-state index contributed by atoms with van der Waals surface area (Å²) in [6.07, 6.45) is 8.84. The highest BCUT2D eigenvalue weighted by Gasteiger charge is 2.26. The summed E-state index contributed by atoms with van der Waals surface area (Å²) >= 11 is 0. The molecule has 7 nitrogen and oxygen atoms in total. The lowest BCUT2D eigenvalue weighted by Gasteiger charge is -2.16. The van der Waals surface area contributed by atoms with Crippen molar-refractivity contribution >= 4 is 11.6 Å². The van der Waals surface area contributed by atoms with Crippen molar-refractivity contribution in [2.75, 3.05) is 5.32 Å². The first-order valence-corrected chi connectivity index (χ1v) is 12.3. The van der Waals surface area contributed by atoms with Crippen LogP contribution in [0.2, 0.25) is 0 Å². The van der Waals surface area contributed by atoms with E-state index in [0.717, 1.165) is 35.0 Å². The Kier molecular flexibility index (Phi) is 6.98. The van der Waals surface area contributed by atoms with Gasteiger partial charge in [-0.1, -0.05) is 6.07 Å². The van der Waals surface area contributed by atoms with E-state index in [0.29, 0.717) is 23.5 Å². The van der Waals surface area contributed by atoms with Crippen LogP contribution in [0, 0.1) is 13.8 Å². The van der Waals surface area contributed by atoms with Crippen LogP contribution >= 0.6 is 0 Å². The number of nitrogens with zero attached hydrogens (tertiary/aromatic N) is 5. The first-order chi connectivity index (χ1) is 18.7. The van der Waals surface area contributed by atoms with Gasteiger partial charge in [-0.15, -0.1) is 0 Å². The molecule has 0 atom stereocenters. The number of hydrogen-bond acceptors (Lipinski definition) is 5. The zero-order valence-corrected chi connectivity index (χ0v) is 21.7. The van der Waals surface area contributed by atoms with Crippen molar-refractivity contribution < 1.29 is 13.6 Å². The summed E-state index contributed by atoms with van der Waals surface area (Å²) in [5.41, 5.74) is 5.17. The summed E-state index contributed by atoms with van der Waals surface area (Å²) in [5.74, 6) is -2.90. The summed E-state index contributed by atoms with van der Waals surface area (Å²) in [6, 6.07) is 15.3. The van der Waals surface area contributed by atoms with E-state index in [9.17, 15) is 13.6 Å². The number of rotatable bonds is 7. The Balaban J connectivity index is 1.41. The lowest BCUT2D eigenvalue weighted by molar-refractivity contribution is 0.0175. The molecule has 1 N–H and O–H groups in total. The maximum atomic E-state index is 14.3. The highest BCUT2D eigenvalue weighted by molar-refractivity contribution is 6.04. The molecule has 1 amide bonds. The highest BCUT2D eigenvalue weighted by atomic mass is 19.3. The molecule has 0 radical (unpaired) electrons. The standard InChI is InChI=1S/C30H26F2N6O/c1-19-6-7-21(11-23(19)12-28-34-10-8-27(37-28)22-5-4-9-33-16-22)29(39)36-25-13-24(30(3,31)32)14-26(15-25)38-17-20(2)35-18-38/h4-11,13-18H,12H2,1-3H3,(H,36,39). The largest absolute Gasteiger partial charge is 0.322 e. The van der Waals surface area contributed by atoms with Gasteiger partial charge in [0.15, 0.2) is 0 Å². The predicted molar refractivity (Wildman–Crippen MR) is 145 cm³/mol. The minimum atomic E-state index is -3.09. The predicted octanol–water partition coefficient (Wildman–Crippen LogP) is 6.30. The number of aromatic nitrogens is 5. The minimum absolute atomic E-state index is 0.211. The quantitative estimate of drug-likeness (QED) is 0.270. The van der Waals surface area contributed by atoms with Crippen LogP contribution in [-0.2, 0) is 12.3 Å². The van der Waals surface area contributed by atoms with Crippen molar-refractivity contribution in [1.82, 2.24) is 24.5 Å². The third kappa shape index (κ3) is 6.04. The molecule has 9 heteroatoms. The highest BCUT2D eigenvalue weighted by Crippen LogP contribution is 2.31. The number of nitrogens with one attached hydrogen (secondary N) is 1. The second-order valence-electron chi connectivity index (χ2n) is 9.45. The molecule has 3 aromatic heterocycles. The second-order valence-corrected chi connectivity index (χ2v) is 9.45. The van der Waals surface area contributed by atoms with Gasteiger partial charge in [0, 0.05) is 66.2 Å². The molecular formula is C30H26F2N6O. The number of carbonyl (C=O) groups excluding carboxylic acids is 1. The van der Waals surface area contributed by atoms with Crippen LogP contribution in [0.5, 0.6) is 0 Å². The smallest absolute Gasteiger partial charge is 0.270 e. The molecule has 0 fully saturated rings. The van der Waals surface area contributed by atoms with Gasteiger partial charge in [-0.2, -0.15) is 0 Å². The van der Waals surface area contributed by atoms with E-state index in [1.165, 1.54) is 12.1 Å². The third-order valence-corrected chi connectivity index (χ3v) is 6.32. The van der Waals surface area contributed by atoms with Gasteiger partial charge in [0.25, 0.3) is 11.8 Å². The Morgan fingerprint density at radius 2 is 1.87 bits per heavy atom. The van der Waals surface area contributed by atoms with Crippen molar-refractivity contribution in [3.05, 3.63) is 119 Å². The molecule has 5 aromatic rings. The van der Waals surface area contributed by atoms with E-state index < -0.39 is 11.8 Å². The number of amides is 1. The molecule has 5 rings (SSSR count). The van der Waals surface area contributed by atoms with Crippen molar-refractivity contribution in [3.63, 3.8) is 0 Å². The van der Waals surface area contributed by atoms with Crippen molar-refractivity contribution in [2.24, 2.45) is 0 Å². The summed E-state index contributed by atoms with van der Waals surface area (Å²) in [4.78, 5) is 30.6. The third-order valence-electron chi connectivity index (χ3n) is 6.32. The van der Waals surface area contributed by atoms with Crippen LogP contribution in [0.3, 0.4) is 0 Å². The summed E-state index contributed by atoms with van der Waals surface area (Å²) in [7, 11) is 0. The topological polar surface area (TPSA) is 85.6 Å². The number of benzene rings is 2. The van der Waals surface area contributed by atoms with E-state index in [-0.39, 0.29) is 11.3 Å². The minimum Gasteiger partial charge on any atom is -0.322 e. The van der Waals surface area contributed by atoms with Gasteiger partial charge < -0.3 is 9.88 Å². The Bertz CT molecular complexity index is 1640. The zero-order chi connectivity index (χ0) is 27.6. The van der Waals surface area contributed by atoms with Crippen LogP contribution in [0.1, 0.15) is 45.5 Å². The first kappa shape index (κ1) is 25.8. The van der Waals surface area contributed by atoms with Crippen LogP contribution in [0.4, 0.5) is 14.5 Å². The molecule has 196 valence electrons. The van der Waals surface area contributed by atoms with Crippen molar-refractivity contribution in [3.8, 4) is 16.9 Å². The lowest BCUT2D eigenvalue weighted by Crippen LogP contribution is -2.15. The fourth-order valence-electron chi connectivity index (χ4n) is 4.18. The van der Waals surface area contributed by atoms with E-state index in [4.69, 9.17) is 0 Å². The molecule has 0 bridgehead atoms. The van der Waals surface area contributed by atoms with Crippen molar-refractivity contribution in [2.45, 2.75) is 33.1 Å². The van der Waals surface area contributed by atoms with E-state index >= 15 is 0 Å². The van der Waals surface area contributed by atoms with Crippen LogP contribution in [0.15, 0.2) is 85.7 Å². The number of imidazole rings is 1. The average Bonchev–Trinajstić information content (AvgIpc) is 3.36. The molecule has 0 aliphatic heterocycles. The van der Waals surface area contributed by atoms with Gasteiger partial charge in [-0.05, 0) is 73.5 Å². The lowest BCUT2D eigenvalue weighted by atomic mass is 10.0. The number of aryl methyl sites for hydroxylation is 2. The summed E-state index contributed by atoms with van der Waals surface area (Å²) in [5, 5.41) is 2.78. The van der Waals surface area contributed by atoms with Gasteiger partial charge in [-0.3, -0.25) is 9.78 Å². The van der Waals surface area contributed by atoms with Gasteiger partial charge in [0.05, 0.1) is 17.7 Å². The van der Waals surface area contributed by atoms with Gasteiger partial charge in [0.1, 0.15) is 5.82 Å². The van der Waals surface area contributed by atoms with Gasteiger partial charge in [-0.25, -0.2) is 23.7 Å². The molecule has 0 aliphatic rings. The molecule has 0 saturated carbocycles. The molecule has 0 spiro atoms. The van der Waals surface area contributed by atoms with E-state index in [1.807, 2.05) is 38.1 Å². The Hall–Kier alpha value is -4.79. The number of hydrogen-bond donors (Lipinski definition) is 1. The number of anilines is 1. The monoisotopic (exact) mass is 524 g/mol. The molecule has 2 aromatic carbocycles. The molecule has 39 heavy (non-hydrogen) atoms. The Morgan fingerprint density at radius 3 is 2.59 bits per heavy atom. The van der Waals surface area contributed by atoms with E-state index in [1.54, 1.807) is 53.9 Å². The van der Waals surface area contributed by atoms with Crippen LogP contribution < -0.4 is 5.32 Å². The van der Waals surface area contributed by atoms with Gasteiger partial charge in [0.2, 0.25) is 0 Å². The van der Waals surface area contributed by atoms with E-state index in [2.05, 4.69) is 25.3 Å². The first-order valence-electron chi connectivity index (χ1n) is 12.3. The molecule has 3 heterocycles. The maximum Gasteiger partial charge on any atom is 0.270 e. The SMILES string of the molecule is Cc1cn(-c2cc(NC(=O)c3ccc(C)c(Cc4nccc(-c5cccnc5)n4)c3)cc(C(C)(F)F)c2)cn1. The number of pyridine rings is 1. The fourth-order valence-corrected chi connectivity index (χ4v) is 4.18. The Morgan fingerprint density at radius 1 is 1.03 bits per heavy atom. The number of alkyl halides is 2. The molecule has 0 aliphatic carbocycles. The van der Waals surface area contributed by atoms with Crippen LogP contribution in [-0.4, -0.2) is 30.4 Å². The molecule has 0 saturated heterocycles. The molecular weight excluding hydrogens is 498 g/mol. The molecule has 0 unspecified atom stereocenters. The normalized spacial score (nSPS) is 11.4. The second kappa shape index (κ2) is 10.5.